The second-order valence-corrected chi connectivity index (χ2v) is 6.74. The summed E-state index contributed by atoms with van der Waals surface area (Å²) in [4.78, 5) is 19.5. The first-order valence-corrected chi connectivity index (χ1v) is 8.46. The Balaban J connectivity index is 1.67. The van der Waals surface area contributed by atoms with E-state index in [1.165, 1.54) is 25.9 Å². The van der Waals surface area contributed by atoms with Gasteiger partial charge in [-0.05, 0) is 63.0 Å². The third-order valence-electron chi connectivity index (χ3n) is 4.94. The van der Waals surface area contributed by atoms with Gasteiger partial charge in [-0.3, -0.25) is 4.79 Å². The SMILES string of the molecule is CN(C)c1ccc(C(=O)N2CCC[C@H]2CN2CCCC2)cc1. The van der Waals surface area contributed by atoms with E-state index >= 15 is 0 Å². The summed E-state index contributed by atoms with van der Waals surface area (Å²) in [6, 6.07) is 8.38. The van der Waals surface area contributed by atoms with Gasteiger partial charge in [0, 0.05) is 44.5 Å². The predicted molar refractivity (Wildman–Crippen MR) is 90.5 cm³/mol. The molecule has 0 saturated carbocycles. The van der Waals surface area contributed by atoms with Crippen molar-refractivity contribution in [1.82, 2.24) is 9.80 Å². The summed E-state index contributed by atoms with van der Waals surface area (Å²) in [6.45, 7) is 4.38. The molecule has 2 fully saturated rings. The smallest absolute Gasteiger partial charge is 0.254 e. The topological polar surface area (TPSA) is 26.8 Å². The lowest BCUT2D eigenvalue weighted by Gasteiger charge is -2.28. The Bertz CT molecular complexity index is 506. The molecule has 0 unspecified atom stereocenters. The van der Waals surface area contributed by atoms with Crippen molar-refractivity contribution in [2.45, 2.75) is 31.7 Å². The first-order valence-electron chi connectivity index (χ1n) is 8.46. The van der Waals surface area contributed by atoms with Crippen LogP contribution in [0.1, 0.15) is 36.0 Å². The largest absolute Gasteiger partial charge is 0.378 e. The number of carbonyl (C=O) groups is 1. The number of hydrogen-bond acceptors (Lipinski definition) is 3. The molecule has 0 N–H and O–H groups in total. The van der Waals surface area contributed by atoms with Crippen molar-refractivity contribution in [2.75, 3.05) is 45.2 Å². The molecule has 4 heteroatoms. The number of anilines is 1. The molecule has 1 aromatic carbocycles. The summed E-state index contributed by atoms with van der Waals surface area (Å²) in [5.41, 5.74) is 1.95. The molecule has 22 heavy (non-hydrogen) atoms. The third kappa shape index (κ3) is 3.27. The molecule has 2 aliphatic heterocycles. The van der Waals surface area contributed by atoms with Gasteiger partial charge in [0.25, 0.3) is 5.91 Å². The fraction of sp³-hybridized carbons (Fsp3) is 0.611. The first-order chi connectivity index (χ1) is 10.6. The molecule has 2 heterocycles. The Kier molecular flexibility index (Phi) is 4.67. The van der Waals surface area contributed by atoms with Gasteiger partial charge in [0.2, 0.25) is 0 Å². The Morgan fingerprint density at radius 2 is 1.77 bits per heavy atom. The Labute approximate surface area is 133 Å². The molecule has 3 rings (SSSR count). The standard InChI is InChI=1S/C18H27N3O/c1-19(2)16-9-7-15(8-10-16)18(22)21-13-5-6-17(21)14-20-11-3-4-12-20/h7-10,17H,3-6,11-14H2,1-2H3/t17-/m0/s1. The monoisotopic (exact) mass is 301 g/mol. The van der Waals surface area contributed by atoms with Gasteiger partial charge in [0.1, 0.15) is 0 Å². The summed E-state index contributed by atoms with van der Waals surface area (Å²) in [7, 11) is 4.03. The molecule has 2 saturated heterocycles. The van der Waals surface area contributed by atoms with Crippen LogP contribution >= 0.6 is 0 Å². The van der Waals surface area contributed by atoms with Gasteiger partial charge in [-0.25, -0.2) is 0 Å². The summed E-state index contributed by atoms with van der Waals surface area (Å²) < 4.78 is 0. The van der Waals surface area contributed by atoms with E-state index in [4.69, 9.17) is 0 Å². The average molecular weight is 301 g/mol. The highest BCUT2D eigenvalue weighted by molar-refractivity contribution is 5.95. The lowest BCUT2D eigenvalue weighted by Crippen LogP contribution is -2.42. The maximum Gasteiger partial charge on any atom is 0.254 e. The van der Waals surface area contributed by atoms with Gasteiger partial charge in [0.05, 0.1) is 0 Å². The highest BCUT2D eigenvalue weighted by atomic mass is 16.2. The molecule has 0 bridgehead atoms. The van der Waals surface area contributed by atoms with Crippen LogP contribution in [0, 0.1) is 0 Å². The maximum atomic E-state index is 12.8. The van der Waals surface area contributed by atoms with Crippen molar-refractivity contribution < 1.29 is 4.79 Å². The van der Waals surface area contributed by atoms with E-state index in [9.17, 15) is 4.79 Å². The maximum absolute atomic E-state index is 12.8. The molecular weight excluding hydrogens is 274 g/mol. The quantitative estimate of drug-likeness (QED) is 0.855. The molecule has 2 aliphatic rings. The van der Waals surface area contributed by atoms with Crippen molar-refractivity contribution in [3.63, 3.8) is 0 Å². The van der Waals surface area contributed by atoms with Gasteiger partial charge in [-0.15, -0.1) is 0 Å². The molecule has 1 aromatic rings. The predicted octanol–water partition coefficient (Wildman–Crippen LogP) is 2.45. The number of benzene rings is 1. The third-order valence-corrected chi connectivity index (χ3v) is 4.94. The number of nitrogens with zero attached hydrogens (tertiary/aromatic N) is 3. The molecule has 120 valence electrons. The number of rotatable bonds is 4. The molecule has 0 spiro atoms. The van der Waals surface area contributed by atoms with Crippen molar-refractivity contribution in [2.24, 2.45) is 0 Å². The van der Waals surface area contributed by atoms with E-state index in [0.29, 0.717) is 6.04 Å². The van der Waals surface area contributed by atoms with E-state index < -0.39 is 0 Å². The van der Waals surface area contributed by atoms with Crippen LogP contribution in [-0.2, 0) is 0 Å². The van der Waals surface area contributed by atoms with E-state index in [1.807, 2.05) is 38.4 Å². The normalized spacial score (nSPS) is 22.3. The summed E-state index contributed by atoms with van der Waals surface area (Å²) in [5.74, 6) is 0.201. The van der Waals surface area contributed by atoms with Crippen LogP contribution in [0.15, 0.2) is 24.3 Å². The fourth-order valence-corrected chi connectivity index (χ4v) is 3.62. The fourth-order valence-electron chi connectivity index (χ4n) is 3.62. The molecule has 1 atom stereocenters. The highest BCUT2D eigenvalue weighted by Gasteiger charge is 2.31. The summed E-state index contributed by atoms with van der Waals surface area (Å²) >= 11 is 0. The van der Waals surface area contributed by atoms with Crippen molar-refractivity contribution in [3.05, 3.63) is 29.8 Å². The van der Waals surface area contributed by atoms with Gasteiger partial charge in [-0.1, -0.05) is 0 Å². The van der Waals surface area contributed by atoms with E-state index in [0.717, 1.165) is 37.2 Å². The Hall–Kier alpha value is -1.55. The van der Waals surface area contributed by atoms with Crippen LogP contribution in [0.3, 0.4) is 0 Å². The number of hydrogen-bond donors (Lipinski definition) is 0. The van der Waals surface area contributed by atoms with E-state index in [-0.39, 0.29) is 5.91 Å². The second-order valence-electron chi connectivity index (χ2n) is 6.74. The van der Waals surface area contributed by atoms with Crippen molar-refractivity contribution in [3.8, 4) is 0 Å². The van der Waals surface area contributed by atoms with Crippen LogP contribution in [0.2, 0.25) is 0 Å². The minimum atomic E-state index is 0.201. The number of carbonyl (C=O) groups excluding carboxylic acids is 1. The summed E-state index contributed by atoms with van der Waals surface area (Å²) in [5, 5.41) is 0. The van der Waals surface area contributed by atoms with Crippen LogP contribution in [0.4, 0.5) is 5.69 Å². The summed E-state index contributed by atoms with van der Waals surface area (Å²) in [6.07, 6.45) is 4.91. The van der Waals surface area contributed by atoms with E-state index in [1.54, 1.807) is 0 Å². The first kappa shape index (κ1) is 15.3. The average Bonchev–Trinajstić information content (AvgIpc) is 3.19. The zero-order valence-electron chi connectivity index (χ0n) is 13.8. The number of likely N-dealkylation sites (tertiary alicyclic amines) is 2. The van der Waals surface area contributed by atoms with Gasteiger partial charge >= 0.3 is 0 Å². The van der Waals surface area contributed by atoms with Gasteiger partial charge < -0.3 is 14.7 Å². The molecule has 0 aromatic heterocycles. The van der Waals surface area contributed by atoms with Crippen LogP contribution in [-0.4, -0.2) is 62.0 Å². The van der Waals surface area contributed by atoms with Gasteiger partial charge in [0.15, 0.2) is 0 Å². The lowest BCUT2D eigenvalue weighted by atomic mass is 10.1. The van der Waals surface area contributed by atoms with Crippen molar-refractivity contribution >= 4 is 11.6 Å². The second kappa shape index (κ2) is 6.69. The number of amides is 1. The van der Waals surface area contributed by atoms with Crippen LogP contribution < -0.4 is 4.90 Å². The molecular formula is C18H27N3O. The van der Waals surface area contributed by atoms with Crippen LogP contribution in [0.25, 0.3) is 0 Å². The highest BCUT2D eigenvalue weighted by Crippen LogP contribution is 2.23. The van der Waals surface area contributed by atoms with Crippen molar-refractivity contribution in [1.29, 1.82) is 0 Å². The van der Waals surface area contributed by atoms with Gasteiger partial charge in [-0.2, -0.15) is 0 Å². The minimum Gasteiger partial charge on any atom is -0.378 e. The zero-order valence-corrected chi connectivity index (χ0v) is 13.8. The zero-order chi connectivity index (χ0) is 15.5. The molecule has 0 aliphatic carbocycles. The van der Waals surface area contributed by atoms with Crippen LogP contribution in [0.5, 0.6) is 0 Å². The Morgan fingerprint density at radius 3 is 2.41 bits per heavy atom. The lowest BCUT2D eigenvalue weighted by molar-refractivity contribution is 0.0709. The van der Waals surface area contributed by atoms with E-state index in [2.05, 4.69) is 14.7 Å². The molecule has 1 amide bonds. The molecule has 4 nitrogen and oxygen atoms in total. The minimum absolute atomic E-state index is 0.201. The molecule has 0 radical (unpaired) electrons. The Morgan fingerprint density at radius 1 is 1.09 bits per heavy atom.